The average Bonchev–Trinajstić information content (AvgIpc) is 2.93. The first-order valence-electron chi connectivity index (χ1n) is 12.3. The molecule has 0 unspecified atom stereocenters. The van der Waals surface area contributed by atoms with Crippen molar-refractivity contribution in [1.29, 1.82) is 0 Å². The molecule has 0 saturated heterocycles. The fourth-order valence-corrected chi connectivity index (χ4v) is 5.39. The summed E-state index contributed by atoms with van der Waals surface area (Å²) in [6.07, 6.45) is 0. The third-order valence-electron chi connectivity index (χ3n) is 6.37. The molecule has 1 amide bonds. The maximum absolute atomic E-state index is 13.8. The van der Waals surface area contributed by atoms with E-state index in [1.807, 2.05) is 67.6 Å². The molecule has 4 aromatic rings. The van der Waals surface area contributed by atoms with Gasteiger partial charge in [-0.25, -0.2) is 8.42 Å². The Hall–Kier alpha value is -3.94. The van der Waals surface area contributed by atoms with Crippen LogP contribution in [0.2, 0.25) is 0 Å². The number of amides is 1. The average molecular weight is 529 g/mol. The summed E-state index contributed by atoms with van der Waals surface area (Å²) in [6.45, 7) is 2.85. The van der Waals surface area contributed by atoms with E-state index < -0.39 is 10.0 Å². The third-order valence-corrected chi connectivity index (χ3v) is 8.19. The van der Waals surface area contributed by atoms with E-state index in [0.717, 1.165) is 16.7 Å². The second-order valence-electron chi connectivity index (χ2n) is 9.23. The minimum Gasteiger partial charge on any atom is -0.496 e. The second-order valence-corrected chi connectivity index (χ2v) is 11.3. The van der Waals surface area contributed by atoms with Gasteiger partial charge in [-0.1, -0.05) is 78.4 Å². The predicted octanol–water partition coefficient (Wildman–Crippen LogP) is 5.67. The maximum atomic E-state index is 13.8. The van der Waals surface area contributed by atoms with Crippen LogP contribution in [0.4, 0.5) is 0 Å². The van der Waals surface area contributed by atoms with Crippen LogP contribution in [0.1, 0.15) is 32.6 Å². The maximum Gasteiger partial charge on any atom is 0.254 e. The Bertz CT molecular complexity index is 1430. The SMILES string of the molecule is COc1ccc(C(=O)N(Cc2ccccc2)Cc2ccccc2)cc1CN(C)S(=O)(=O)c1ccc(C)cc1. The van der Waals surface area contributed by atoms with Gasteiger partial charge in [-0.05, 0) is 48.4 Å². The van der Waals surface area contributed by atoms with E-state index in [1.54, 1.807) is 47.4 Å². The molecule has 0 heterocycles. The highest BCUT2D eigenvalue weighted by atomic mass is 32.2. The van der Waals surface area contributed by atoms with Crippen molar-refractivity contribution < 1.29 is 17.9 Å². The van der Waals surface area contributed by atoms with E-state index in [0.29, 0.717) is 30.0 Å². The summed E-state index contributed by atoms with van der Waals surface area (Å²) >= 11 is 0. The Morgan fingerprint density at radius 1 is 0.763 bits per heavy atom. The Morgan fingerprint density at radius 3 is 1.84 bits per heavy atom. The lowest BCUT2D eigenvalue weighted by Gasteiger charge is -2.24. The molecule has 196 valence electrons. The number of hydrogen-bond donors (Lipinski definition) is 0. The van der Waals surface area contributed by atoms with Crippen LogP contribution in [-0.4, -0.2) is 37.7 Å². The molecule has 4 aromatic carbocycles. The van der Waals surface area contributed by atoms with E-state index >= 15 is 0 Å². The standard InChI is InChI=1S/C31H32N2O4S/c1-24-14-17-29(18-15-24)38(35,36)32(2)23-28-20-27(16-19-30(28)37-3)31(34)33(21-25-10-6-4-7-11-25)22-26-12-8-5-9-13-26/h4-20H,21-23H2,1-3H3. The zero-order chi connectivity index (χ0) is 27.1. The number of sulfonamides is 1. The lowest BCUT2D eigenvalue weighted by Crippen LogP contribution is -2.30. The first-order chi connectivity index (χ1) is 18.3. The van der Waals surface area contributed by atoms with Crippen LogP contribution in [0.15, 0.2) is 108 Å². The zero-order valence-electron chi connectivity index (χ0n) is 21.9. The number of hydrogen-bond acceptors (Lipinski definition) is 4. The minimum atomic E-state index is -3.73. The lowest BCUT2D eigenvalue weighted by molar-refractivity contribution is 0.0730. The topological polar surface area (TPSA) is 66.9 Å². The molecule has 0 bridgehead atoms. The van der Waals surface area contributed by atoms with Gasteiger partial charge in [-0.3, -0.25) is 4.79 Å². The minimum absolute atomic E-state index is 0.0534. The van der Waals surface area contributed by atoms with Gasteiger partial charge in [0.25, 0.3) is 5.91 Å². The van der Waals surface area contributed by atoms with Gasteiger partial charge in [0.1, 0.15) is 5.75 Å². The Balaban J connectivity index is 1.62. The molecule has 0 aliphatic carbocycles. The van der Waals surface area contributed by atoms with Crippen molar-refractivity contribution in [1.82, 2.24) is 9.21 Å². The summed E-state index contributed by atoms with van der Waals surface area (Å²) in [5, 5.41) is 0. The van der Waals surface area contributed by atoms with Gasteiger partial charge >= 0.3 is 0 Å². The number of ether oxygens (including phenoxy) is 1. The molecule has 0 aliphatic heterocycles. The summed E-state index contributed by atoms with van der Waals surface area (Å²) in [5.41, 5.74) is 4.10. The summed E-state index contributed by atoms with van der Waals surface area (Å²) < 4.78 is 33.2. The summed E-state index contributed by atoms with van der Waals surface area (Å²) in [6, 6.07) is 31.6. The van der Waals surface area contributed by atoms with Crippen LogP contribution in [-0.2, 0) is 29.7 Å². The van der Waals surface area contributed by atoms with Crippen LogP contribution in [0.3, 0.4) is 0 Å². The number of aryl methyl sites for hydroxylation is 1. The van der Waals surface area contributed by atoms with Crippen molar-refractivity contribution in [3.63, 3.8) is 0 Å². The van der Waals surface area contributed by atoms with Crippen LogP contribution in [0, 0.1) is 6.92 Å². The second kappa shape index (κ2) is 12.1. The van der Waals surface area contributed by atoms with Gasteiger partial charge in [-0.15, -0.1) is 0 Å². The highest BCUT2D eigenvalue weighted by Gasteiger charge is 2.24. The van der Waals surface area contributed by atoms with Gasteiger partial charge in [0.2, 0.25) is 10.0 Å². The fraction of sp³-hybridized carbons (Fsp3) is 0.194. The molecule has 0 N–H and O–H groups in total. The quantitative estimate of drug-likeness (QED) is 0.266. The molecule has 0 saturated carbocycles. The van der Waals surface area contributed by atoms with Crippen molar-refractivity contribution in [2.45, 2.75) is 31.5 Å². The van der Waals surface area contributed by atoms with E-state index in [1.165, 1.54) is 18.5 Å². The Morgan fingerprint density at radius 2 is 1.32 bits per heavy atom. The molecule has 7 heteroatoms. The molecular weight excluding hydrogens is 496 g/mol. The molecule has 0 aliphatic rings. The van der Waals surface area contributed by atoms with E-state index in [9.17, 15) is 13.2 Å². The number of carbonyl (C=O) groups is 1. The van der Waals surface area contributed by atoms with Gasteiger partial charge in [0, 0.05) is 37.8 Å². The van der Waals surface area contributed by atoms with Crippen molar-refractivity contribution in [3.05, 3.63) is 131 Å². The highest BCUT2D eigenvalue weighted by Crippen LogP contribution is 2.26. The largest absolute Gasteiger partial charge is 0.496 e. The summed E-state index contributed by atoms with van der Waals surface area (Å²) in [7, 11) is -0.666. The monoisotopic (exact) mass is 528 g/mol. The number of benzene rings is 4. The molecule has 0 fully saturated rings. The van der Waals surface area contributed by atoms with Gasteiger partial charge in [0.15, 0.2) is 0 Å². The van der Waals surface area contributed by atoms with Crippen LogP contribution >= 0.6 is 0 Å². The highest BCUT2D eigenvalue weighted by molar-refractivity contribution is 7.89. The smallest absolute Gasteiger partial charge is 0.254 e. The summed E-state index contributed by atoms with van der Waals surface area (Å²) in [5.74, 6) is 0.371. The number of methoxy groups -OCH3 is 1. The molecule has 4 rings (SSSR count). The van der Waals surface area contributed by atoms with E-state index in [4.69, 9.17) is 4.74 Å². The van der Waals surface area contributed by atoms with Crippen molar-refractivity contribution in [2.75, 3.05) is 14.2 Å². The predicted molar refractivity (Wildman–Crippen MR) is 149 cm³/mol. The fourth-order valence-electron chi connectivity index (χ4n) is 4.24. The Kier molecular flexibility index (Phi) is 8.61. The zero-order valence-corrected chi connectivity index (χ0v) is 22.7. The van der Waals surface area contributed by atoms with Crippen LogP contribution in [0.5, 0.6) is 5.75 Å². The molecule has 6 nitrogen and oxygen atoms in total. The van der Waals surface area contributed by atoms with E-state index in [2.05, 4.69) is 0 Å². The first kappa shape index (κ1) is 27.1. The number of nitrogens with zero attached hydrogens (tertiary/aromatic N) is 2. The first-order valence-corrected chi connectivity index (χ1v) is 13.8. The van der Waals surface area contributed by atoms with Crippen molar-refractivity contribution >= 4 is 15.9 Å². The molecule has 0 aromatic heterocycles. The van der Waals surface area contributed by atoms with Crippen LogP contribution in [0.25, 0.3) is 0 Å². The summed E-state index contributed by atoms with van der Waals surface area (Å²) in [4.78, 5) is 15.8. The molecule has 0 spiro atoms. The molecular formula is C31H32N2O4S. The molecule has 0 radical (unpaired) electrons. The van der Waals surface area contributed by atoms with E-state index in [-0.39, 0.29) is 17.3 Å². The van der Waals surface area contributed by atoms with Crippen molar-refractivity contribution in [3.8, 4) is 5.75 Å². The number of rotatable bonds is 10. The molecule has 0 atom stereocenters. The van der Waals surface area contributed by atoms with Crippen molar-refractivity contribution in [2.24, 2.45) is 0 Å². The Labute approximate surface area is 225 Å². The number of carbonyl (C=O) groups excluding carboxylic acids is 1. The normalized spacial score (nSPS) is 11.4. The van der Waals surface area contributed by atoms with Crippen LogP contribution < -0.4 is 4.74 Å². The third kappa shape index (κ3) is 6.49. The lowest BCUT2D eigenvalue weighted by atomic mass is 10.1. The van der Waals surface area contributed by atoms with Gasteiger partial charge in [0.05, 0.1) is 12.0 Å². The van der Waals surface area contributed by atoms with Gasteiger partial charge < -0.3 is 9.64 Å². The van der Waals surface area contributed by atoms with Gasteiger partial charge in [-0.2, -0.15) is 4.31 Å². The molecule has 38 heavy (non-hydrogen) atoms.